The molecule has 3 saturated heterocycles. The van der Waals surface area contributed by atoms with E-state index in [0.29, 0.717) is 18.4 Å². The number of benzene rings is 1. The molecule has 1 aliphatic carbocycles. The van der Waals surface area contributed by atoms with Crippen molar-refractivity contribution in [2.24, 2.45) is 11.8 Å². The van der Waals surface area contributed by atoms with Crippen molar-refractivity contribution in [2.45, 2.75) is 57.0 Å². The van der Waals surface area contributed by atoms with Crippen LogP contribution in [0.2, 0.25) is 0 Å². The number of ether oxygens (including phenoxy) is 1. The average Bonchev–Trinajstić information content (AvgIpc) is 2.80. The zero-order valence-corrected chi connectivity index (χ0v) is 19.2. The largest absolute Gasteiger partial charge is 0.469 e. The first kappa shape index (κ1) is 21.0. The molecule has 1 aromatic rings. The van der Waals surface area contributed by atoms with Gasteiger partial charge in [-0.25, -0.2) is 0 Å². The van der Waals surface area contributed by atoms with Crippen LogP contribution < -0.4 is 5.32 Å². The Balaban J connectivity index is 1.29. The lowest BCUT2D eigenvalue weighted by molar-refractivity contribution is -0.139. The average molecular weight is 440 g/mol. The molecular formula is C25H33N3O2S. The molecule has 4 atom stereocenters. The van der Waals surface area contributed by atoms with Crippen molar-refractivity contribution in [3.63, 3.8) is 0 Å². The standard InChI is InChI=1S/C25H33N3O2S/c1-30-23(29)13-17-7-9-21(10-8-17)26-25(31)28-12-4-5-18-14-19-15-20(24(18)28)16-27-11-3-2-6-22(19)27/h7-10,14,19-20,22,24H,2-6,11-13,15-16H2,1H3,(H,26,31)/t19-,20-,22-,24-/m1/s1. The number of anilines is 1. The fourth-order valence-corrected chi connectivity index (χ4v) is 6.66. The van der Waals surface area contributed by atoms with Gasteiger partial charge in [-0.3, -0.25) is 9.69 Å². The second-order valence-electron chi connectivity index (χ2n) is 9.58. The Morgan fingerprint density at radius 3 is 2.84 bits per heavy atom. The maximum atomic E-state index is 11.5. The first-order valence-electron chi connectivity index (χ1n) is 11.8. The minimum Gasteiger partial charge on any atom is -0.469 e. The van der Waals surface area contributed by atoms with E-state index >= 15 is 0 Å². The van der Waals surface area contributed by atoms with Gasteiger partial charge in [-0.15, -0.1) is 0 Å². The van der Waals surface area contributed by atoms with E-state index in [0.717, 1.165) is 34.9 Å². The second kappa shape index (κ2) is 8.91. The van der Waals surface area contributed by atoms with E-state index in [1.165, 1.54) is 58.7 Å². The maximum Gasteiger partial charge on any atom is 0.309 e. The number of nitrogens with zero attached hydrogens (tertiary/aromatic N) is 2. The van der Waals surface area contributed by atoms with E-state index in [1.54, 1.807) is 5.57 Å². The van der Waals surface area contributed by atoms with Gasteiger partial charge in [0.2, 0.25) is 0 Å². The Hall–Kier alpha value is -1.92. The number of hydrogen-bond donors (Lipinski definition) is 1. The highest BCUT2D eigenvalue weighted by Gasteiger charge is 2.46. The molecule has 1 N–H and O–H groups in total. The molecule has 5 nitrogen and oxygen atoms in total. The number of methoxy groups -OCH3 is 1. The Morgan fingerprint density at radius 1 is 1.19 bits per heavy atom. The second-order valence-corrected chi connectivity index (χ2v) is 9.97. The normalized spacial score (nSPS) is 30.0. The van der Waals surface area contributed by atoms with Crippen molar-refractivity contribution in [3.05, 3.63) is 41.5 Å². The van der Waals surface area contributed by atoms with Crippen molar-refractivity contribution < 1.29 is 9.53 Å². The van der Waals surface area contributed by atoms with Crippen molar-refractivity contribution >= 4 is 29.0 Å². The minimum absolute atomic E-state index is 0.220. The van der Waals surface area contributed by atoms with E-state index in [9.17, 15) is 4.79 Å². The smallest absolute Gasteiger partial charge is 0.309 e. The van der Waals surface area contributed by atoms with Crippen LogP contribution in [-0.2, 0) is 16.0 Å². The Labute approximate surface area is 190 Å². The summed E-state index contributed by atoms with van der Waals surface area (Å²) in [6.07, 6.45) is 10.8. The SMILES string of the molecule is COC(=O)Cc1ccc(NC(=S)N2CCCC3=C[C@@H]4C[C@H](CN5CCCC[C@H]45)[C@@H]32)cc1. The molecule has 166 valence electrons. The third-order valence-electron chi connectivity index (χ3n) is 7.70. The zero-order chi connectivity index (χ0) is 21.4. The topological polar surface area (TPSA) is 44.8 Å². The van der Waals surface area contributed by atoms with E-state index < -0.39 is 0 Å². The first-order chi connectivity index (χ1) is 15.1. The highest BCUT2D eigenvalue weighted by molar-refractivity contribution is 7.80. The summed E-state index contributed by atoms with van der Waals surface area (Å²) in [5.41, 5.74) is 3.56. The van der Waals surface area contributed by atoms with Crippen LogP contribution in [0, 0.1) is 11.8 Å². The highest BCUT2D eigenvalue weighted by atomic mass is 32.1. The summed E-state index contributed by atoms with van der Waals surface area (Å²) in [5, 5.41) is 4.30. The first-order valence-corrected chi connectivity index (χ1v) is 12.2. The van der Waals surface area contributed by atoms with Gasteiger partial charge in [0.1, 0.15) is 0 Å². The molecule has 3 heterocycles. The van der Waals surface area contributed by atoms with Gasteiger partial charge in [0.25, 0.3) is 0 Å². The number of likely N-dealkylation sites (tertiary alicyclic amines) is 1. The molecule has 31 heavy (non-hydrogen) atoms. The van der Waals surface area contributed by atoms with Crippen LogP contribution in [0.3, 0.4) is 0 Å². The van der Waals surface area contributed by atoms with Crippen LogP contribution in [0.1, 0.15) is 44.1 Å². The number of rotatable bonds is 3. The van der Waals surface area contributed by atoms with Gasteiger partial charge >= 0.3 is 5.97 Å². The summed E-state index contributed by atoms with van der Waals surface area (Å²) in [5.74, 6) is 1.21. The predicted molar refractivity (Wildman–Crippen MR) is 127 cm³/mol. The number of thiocarbonyl (C=S) groups is 1. The van der Waals surface area contributed by atoms with Crippen LogP contribution in [-0.4, -0.2) is 59.7 Å². The number of nitrogens with one attached hydrogen (secondary N) is 1. The summed E-state index contributed by atoms with van der Waals surface area (Å²) in [4.78, 5) is 16.7. The lowest BCUT2D eigenvalue weighted by atomic mass is 9.68. The van der Waals surface area contributed by atoms with E-state index in [1.807, 2.05) is 24.3 Å². The molecule has 2 bridgehead atoms. The van der Waals surface area contributed by atoms with Gasteiger partial charge in [0, 0.05) is 24.8 Å². The lowest BCUT2D eigenvalue weighted by Gasteiger charge is -2.55. The lowest BCUT2D eigenvalue weighted by Crippen LogP contribution is -2.60. The number of carbonyl (C=O) groups excluding carboxylic acids is 1. The maximum absolute atomic E-state index is 11.5. The Bertz CT molecular complexity index is 868. The monoisotopic (exact) mass is 439 g/mol. The van der Waals surface area contributed by atoms with Gasteiger partial charge in [-0.2, -0.15) is 0 Å². The number of carbonyl (C=O) groups is 1. The van der Waals surface area contributed by atoms with Crippen LogP contribution in [0.25, 0.3) is 0 Å². The molecule has 0 unspecified atom stereocenters. The predicted octanol–water partition coefficient (Wildman–Crippen LogP) is 3.99. The number of hydrogen-bond acceptors (Lipinski definition) is 4. The van der Waals surface area contributed by atoms with Crippen LogP contribution >= 0.6 is 12.2 Å². The minimum atomic E-state index is -0.220. The molecule has 0 spiro atoms. The van der Waals surface area contributed by atoms with Gasteiger partial charge in [-0.1, -0.05) is 30.2 Å². The fourth-order valence-electron chi connectivity index (χ4n) is 6.34. The zero-order valence-electron chi connectivity index (χ0n) is 18.4. The van der Waals surface area contributed by atoms with Gasteiger partial charge in [0.15, 0.2) is 5.11 Å². The van der Waals surface area contributed by atoms with E-state index in [4.69, 9.17) is 17.0 Å². The van der Waals surface area contributed by atoms with Crippen molar-refractivity contribution in [3.8, 4) is 0 Å². The number of piperidine rings is 3. The Morgan fingerprint density at radius 2 is 2.03 bits per heavy atom. The molecule has 0 aromatic heterocycles. The van der Waals surface area contributed by atoms with Gasteiger partial charge in [-0.05, 0) is 80.4 Å². The summed E-state index contributed by atoms with van der Waals surface area (Å²) < 4.78 is 4.75. The summed E-state index contributed by atoms with van der Waals surface area (Å²) in [6.45, 7) is 3.53. The molecule has 6 heteroatoms. The summed E-state index contributed by atoms with van der Waals surface area (Å²) in [6, 6.07) is 9.16. The molecule has 3 fully saturated rings. The van der Waals surface area contributed by atoms with Crippen LogP contribution in [0.5, 0.6) is 0 Å². The van der Waals surface area contributed by atoms with Crippen molar-refractivity contribution in [1.29, 1.82) is 0 Å². The van der Waals surface area contributed by atoms with E-state index in [-0.39, 0.29) is 5.97 Å². The quantitative estimate of drug-likeness (QED) is 0.436. The summed E-state index contributed by atoms with van der Waals surface area (Å²) >= 11 is 5.91. The number of fused-ring (bicyclic) bond motifs is 6. The van der Waals surface area contributed by atoms with Crippen LogP contribution in [0.15, 0.2) is 35.9 Å². The van der Waals surface area contributed by atoms with Gasteiger partial charge in [0.05, 0.1) is 19.6 Å². The molecule has 0 radical (unpaired) electrons. The third-order valence-corrected chi connectivity index (χ3v) is 8.04. The molecule has 4 aliphatic rings. The van der Waals surface area contributed by atoms with E-state index in [2.05, 4.69) is 21.2 Å². The van der Waals surface area contributed by atoms with Gasteiger partial charge < -0.3 is 15.0 Å². The third kappa shape index (κ3) is 4.24. The molecule has 1 aromatic carbocycles. The molecule has 5 rings (SSSR count). The molecule has 0 saturated carbocycles. The van der Waals surface area contributed by atoms with Crippen molar-refractivity contribution in [2.75, 3.05) is 32.1 Å². The molecule has 0 amide bonds. The van der Waals surface area contributed by atoms with Crippen LogP contribution in [0.4, 0.5) is 5.69 Å². The number of esters is 1. The van der Waals surface area contributed by atoms with Crippen molar-refractivity contribution in [1.82, 2.24) is 9.80 Å². The highest BCUT2D eigenvalue weighted by Crippen LogP contribution is 2.45. The fraction of sp³-hybridized carbons (Fsp3) is 0.600. The summed E-state index contributed by atoms with van der Waals surface area (Å²) in [7, 11) is 1.42. The molecule has 3 aliphatic heterocycles. The molecular weight excluding hydrogens is 406 g/mol. The Kier molecular flexibility index (Phi) is 6.02.